The largest absolute Gasteiger partial charge is 0.394 e. The normalized spacial score (nSPS) is 30.7. The monoisotopic (exact) mass is 698 g/mol. The van der Waals surface area contributed by atoms with Crippen molar-refractivity contribution in [2.75, 3.05) is 24.7 Å². The van der Waals surface area contributed by atoms with Gasteiger partial charge in [0.15, 0.2) is 52.9 Å². The number of rotatable bonds is 10. The third-order valence-corrected chi connectivity index (χ3v) is 8.76. The predicted molar refractivity (Wildman–Crippen MR) is 146 cm³/mol. The number of nitrogen functional groups attached to an aromatic ring is 2. The van der Waals surface area contributed by atoms with Gasteiger partial charge in [-0.05, 0) is 11.8 Å². The van der Waals surface area contributed by atoms with Crippen LogP contribution in [0.5, 0.6) is 0 Å². The van der Waals surface area contributed by atoms with Crippen LogP contribution in [0.2, 0.25) is 0 Å². The summed E-state index contributed by atoms with van der Waals surface area (Å²) in [5.41, 5.74) is 10.1. The molecule has 2 aliphatic rings. The van der Waals surface area contributed by atoms with E-state index in [2.05, 4.69) is 40.6 Å². The fraction of sp³-hybridized carbons (Fsp3) is 0.556. The third kappa shape index (κ3) is 5.92. The molecule has 2 saturated heterocycles. The molecule has 0 aliphatic carbocycles. The number of aromatic nitrogens is 10. The molecule has 27 heteroatoms. The number of nitrogens with one attached hydrogen (secondary N) is 1. The Morgan fingerprint density at radius 1 is 1.07 bits per heavy atom. The highest BCUT2D eigenvalue weighted by atomic mass is 32.5. The Hall–Kier alpha value is -3.22. The van der Waals surface area contributed by atoms with Crippen LogP contribution < -0.4 is 17.0 Å². The van der Waals surface area contributed by atoms with E-state index in [9.17, 15) is 24.3 Å². The maximum Gasteiger partial charge on any atom is 0.325 e. The van der Waals surface area contributed by atoms with Crippen LogP contribution in [0.15, 0.2) is 11.1 Å². The molecule has 2 unspecified atom stereocenters. The molecule has 10 atom stereocenters. The maximum absolute atomic E-state index is 15.6. The molecular weight excluding hydrogens is 676 g/mol. The molecule has 4 aromatic heterocycles. The zero-order valence-corrected chi connectivity index (χ0v) is 24.8. The van der Waals surface area contributed by atoms with Gasteiger partial charge in [-0.25, -0.2) is 18.7 Å². The Labute approximate surface area is 252 Å². The van der Waals surface area contributed by atoms with E-state index in [1.165, 1.54) is 0 Å². The van der Waals surface area contributed by atoms with E-state index in [-0.39, 0.29) is 34.1 Å². The Balaban J connectivity index is 1.22. The number of fused-ring (bicyclic) bond motifs is 2. The van der Waals surface area contributed by atoms with Gasteiger partial charge in [-0.15, -0.1) is 10.2 Å². The van der Waals surface area contributed by atoms with Crippen molar-refractivity contribution in [3.63, 3.8) is 0 Å². The molecule has 0 spiro atoms. The van der Waals surface area contributed by atoms with Gasteiger partial charge in [-0.3, -0.25) is 18.9 Å². The van der Waals surface area contributed by atoms with Crippen molar-refractivity contribution in [2.24, 2.45) is 0 Å². The number of nitrogens with zero attached hydrogens (tertiary/aromatic N) is 9. The van der Waals surface area contributed by atoms with E-state index < -0.39 is 83.0 Å². The molecule has 6 heterocycles. The Kier molecular flexibility index (Phi) is 8.60. The maximum atomic E-state index is 15.6. The van der Waals surface area contributed by atoms with Crippen molar-refractivity contribution in [3.05, 3.63) is 16.7 Å². The van der Waals surface area contributed by atoms with Gasteiger partial charge in [0, 0.05) is 0 Å². The molecule has 45 heavy (non-hydrogen) atoms. The fourth-order valence-electron chi connectivity index (χ4n) is 4.77. The zero-order chi connectivity index (χ0) is 32.2. The number of nitrogens with two attached hydrogens (primary N) is 2. The summed E-state index contributed by atoms with van der Waals surface area (Å²) in [6.07, 6.45) is -13.0. The topological polar surface area (TPSA) is 309 Å². The van der Waals surface area contributed by atoms with E-state index in [0.29, 0.717) is 0 Å². The van der Waals surface area contributed by atoms with Crippen LogP contribution in [0, 0.1) is 0 Å². The number of alkyl halides is 2. The quantitative estimate of drug-likeness (QED) is 0.0954. The van der Waals surface area contributed by atoms with Crippen LogP contribution in [0.25, 0.3) is 22.3 Å². The number of aliphatic hydroxyl groups is 1. The molecule has 8 N–H and O–H groups in total. The predicted octanol–water partition coefficient (Wildman–Crippen LogP) is -2.24. The second-order valence-electron chi connectivity index (χ2n) is 9.51. The van der Waals surface area contributed by atoms with E-state index in [0.717, 1.165) is 15.7 Å². The first-order valence-corrected chi connectivity index (χ1v) is 16.4. The number of anilines is 2. The van der Waals surface area contributed by atoms with Crippen molar-refractivity contribution >= 4 is 60.9 Å². The molecule has 6 rings (SSSR count). The summed E-state index contributed by atoms with van der Waals surface area (Å²) in [7, 11) is -3.74. The average molecular weight is 698 g/mol. The van der Waals surface area contributed by atoms with Gasteiger partial charge in [0.1, 0.15) is 30.7 Å². The first-order chi connectivity index (χ1) is 21.4. The number of hydrogen-bond acceptors (Lipinski definition) is 18. The summed E-state index contributed by atoms with van der Waals surface area (Å²) >= 11 is 5.05. The minimum absolute atomic E-state index is 0.0263. The molecule has 2 aliphatic heterocycles. The van der Waals surface area contributed by atoms with Crippen LogP contribution in [-0.2, 0) is 39.4 Å². The Morgan fingerprint density at radius 2 is 1.76 bits per heavy atom. The second-order valence-corrected chi connectivity index (χ2v) is 13.1. The Bertz CT molecular complexity index is 1870. The van der Waals surface area contributed by atoms with Crippen LogP contribution >= 0.6 is 15.0 Å². The summed E-state index contributed by atoms with van der Waals surface area (Å²) < 4.78 is 71.0. The SMILES string of the molecule is Nc1nc2c(nnn2[C@@H]2O[C@H](CO)[C@H](F)[C@H]2OP(O)(=S)OC[C@H]2O[C@@H](n3nnc4c(N)ncnc43)[C@@H](F)[C@@H]2O[PH](=O)O)c(=O)[nH]1. The highest BCUT2D eigenvalue weighted by molar-refractivity contribution is 8.07. The lowest BCUT2D eigenvalue weighted by Gasteiger charge is -2.26. The first-order valence-electron chi connectivity index (χ1n) is 12.6. The van der Waals surface area contributed by atoms with Gasteiger partial charge in [0.2, 0.25) is 5.95 Å². The number of hydrogen-bond donors (Lipinski definition) is 6. The molecule has 0 aromatic carbocycles. The first kappa shape index (κ1) is 31.7. The lowest BCUT2D eigenvalue weighted by Crippen LogP contribution is -2.34. The summed E-state index contributed by atoms with van der Waals surface area (Å²) in [5, 5.41) is 24.6. The van der Waals surface area contributed by atoms with Gasteiger partial charge in [-0.2, -0.15) is 14.3 Å². The van der Waals surface area contributed by atoms with E-state index >= 15 is 8.78 Å². The van der Waals surface area contributed by atoms with Crippen molar-refractivity contribution < 1.29 is 51.3 Å². The summed E-state index contributed by atoms with van der Waals surface area (Å²) in [5.74, 6) is -0.379. The standard InChI is InChI=1S/C18H22F2N12O10P2S/c19-6-4(1-33)39-17(32-14-9(28-30-32)15(34)26-18(22)25-14)11(6)42-44(37,45)38-2-5-10(41-43(35)36)7(20)16(40-5)31-13-8(27-29-31)12(21)23-3-24-13/h3-7,10-11,16-17,33,43H,1-2H2,(H,35,36)(H,37,45)(H2,21,23,24)(H3,22,25,26,34)/t4-,5-,6+,7+,10-,11-,16-,17-,44?/m1/s1. The van der Waals surface area contributed by atoms with E-state index in [4.69, 9.17) is 46.3 Å². The molecule has 22 nitrogen and oxygen atoms in total. The molecular formula is C18H22F2N12O10P2S. The molecule has 4 aromatic rings. The van der Waals surface area contributed by atoms with Gasteiger partial charge >= 0.3 is 15.0 Å². The highest BCUT2D eigenvalue weighted by Gasteiger charge is 2.52. The molecule has 0 amide bonds. The number of aliphatic hydroxyl groups excluding tert-OH is 1. The average Bonchev–Trinajstić information content (AvgIpc) is 3.73. The van der Waals surface area contributed by atoms with Crippen molar-refractivity contribution in [1.29, 1.82) is 0 Å². The minimum Gasteiger partial charge on any atom is -0.394 e. The third-order valence-electron chi connectivity index (χ3n) is 6.73. The summed E-state index contributed by atoms with van der Waals surface area (Å²) in [6, 6.07) is 0. The Morgan fingerprint density at radius 3 is 2.47 bits per heavy atom. The van der Waals surface area contributed by atoms with E-state index in [1.807, 2.05) is 0 Å². The molecule has 0 radical (unpaired) electrons. The van der Waals surface area contributed by atoms with Crippen LogP contribution in [0.3, 0.4) is 0 Å². The second kappa shape index (κ2) is 12.2. The number of H-pyrrole nitrogens is 1. The molecule has 2 fully saturated rings. The molecule has 0 saturated carbocycles. The van der Waals surface area contributed by atoms with Crippen LogP contribution in [-0.4, -0.2) is 115 Å². The minimum atomic E-state index is -4.50. The fourth-order valence-corrected chi connectivity index (χ4v) is 6.69. The smallest absolute Gasteiger partial charge is 0.325 e. The number of halogens is 2. The van der Waals surface area contributed by atoms with Crippen LogP contribution in [0.4, 0.5) is 20.5 Å². The number of aromatic amines is 1. The van der Waals surface area contributed by atoms with Gasteiger partial charge in [-0.1, -0.05) is 10.4 Å². The van der Waals surface area contributed by atoms with Gasteiger partial charge in [0.05, 0.1) is 13.2 Å². The van der Waals surface area contributed by atoms with Gasteiger partial charge in [0.25, 0.3) is 5.56 Å². The lowest BCUT2D eigenvalue weighted by atomic mass is 10.1. The molecule has 0 bridgehead atoms. The highest BCUT2D eigenvalue weighted by Crippen LogP contribution is 2.51. The summed E-state index contributed by atoms with van der Waals surface area (Å²) in [6.45, 7) is -6.13. The van der Waals surface area contributed by atoms with Gasteiger partial charge < -0.3 is 44.9 Å². The summed E-state index contributed by atoms with van der Waals surface area (Å²) in [4.78, 5) is 46.3. The van der Waals surface area contributed by atoms with Crippen molar-refractivity contribution in [2.45, 2.75) is 49.2 Å². The van der Waals surface area contributed by atoms with Crippen LogP contribution in [0.1, 0.15) is 12.5 Å². The van der Waals surface area contributed by atoms with Crippen molar-refractivity contribution in [1.82, 2.24) is 49.9 Å². The van der Waals surface area contributed by atoms with Crippen molar-refractivity contribution in [3.8, 4) is 0 Å². The lowest BCUT2D eigenvalue weighted by molar-refractivity contribution is -0.0603. The number of ether oxygens (including phenoxy) is 2. The zero-order valence-electron chi connectivity index (χ0n) is 22.1. The van der Waals surface area contributed by atoms with E-state index in [1.54, 1.807) is 0 Å². The molecule has 244 valence electrons.